The molecule has 0 amide bonds. The predicted octanol–water partition coefficient (Wildman–Crippen LogP) is 11.2. The van der Waals surface area contributed by atoms with Crippen LogP contribution in [0.1, 0.15) is 22.3 Å². The summed E-state index contributed by atoms with van der Waals surface area (Å²) >= 11 is 0. The normalized spacial score (nSPS) is 13.2. The van der Waals surface area contributed by atoms with Gasteiger partial charge in [0.1, 0.15) is 16.8 Å². The second-order valence-corrected chi connectivity index (χ2v) is 12.5. The van der Waals surface area contributed by atoms with Crippen LogP contribution in [-0.4, -0.2) is 9.97 Å². The summed E-state index contributed by atoms with van der Waals surface area (Å²) in [5, 5.41) is 3.35. The Morgan fingerprint density at radius 2 is 1.12 bits per heavy atom. The number of para-hydroxylation sites is 1. The Bertz CT molecular complexity index is 2620. The first-order valence-corrected chi connectivity index (χ1v) is 16.3. The SMILES string of the molecule is c1ccc(-c2nc(-c3ccc4ccc5c(c4c3)C(c3ccccc3)(c3ccccc3)c3ccccc3-5)nc3c2oc2ccccc23)cc1. The minimum Gasteiger partial charge on any atom is -0.452 e. The molecule has 3 heteroatoms. The molecule has 0 atom stereocenters. The van der Waals surface area contributed by atoms with Crippen LogP contribution in [0.4, 0.5) is 0 Å². The minimum absolute atomic E-state index is 0.507. The highest BCUT2D eigenvalue weighted by molar-refractivity contribution is 6.07. The van der Waals surface area contributed by atoms with Crippen molar-refractivity contribution in [2.75, 3.05) is 0 Å². The molecule has 2 aromatic heterocycles. The molecule has 0 saturated heterocycles. The number of hydrogen-bond donors (Lipinski definition) is 0. The van der Waals surface area contributed by atoms with Gasteiger partial charge in [-0.15, -0.1) is 0 Å². The summed E-state index contributed by atoms with van der Waals surface area (Å²) in [4.78, 5) is 10.4. The van der Waals surface area contributed by atoms with E-state index in [1.54, 1.807) is 0 Å². The molecule has 3 nitrogen and oxygen atoms in total. The van der Waals surface area contributed by atoms with Crippen LogP contribution < -0.4 is 0 Å². The zero-order valence-corrected chi connectivity index (χ0v) is 26.0. The molecule has 1 aliphatic rings. The Hall–Kier alpha value is -6.32. The molecule has 1 aliphatic carbocycles. The molecule has 0 N–H and O–H groups in total. The first-order valence-electron chi connectivity index (χ1n) is 16.3. The lowest BCUT2D eigenvalue weighted by Gasteiger charge is -2.34. The van der Waals surface area contributed by atoms with Crippen molar-refractivity contribution in [3.05, 3.63) is 192 Å². The molecule has 10 rings (SSSR count). The van der Waals surface area contributed by atoms with E-state index in [-0.39, 0.29) is 0 Å². The van der Waals surface area contributed by atoms with E-state index in [0.29, 0.717) is 11.4 Å². The number of fused-ring (bicyclic) bond motifs is 8. The van der Waals surface area contributed by atoms with Gasteiger partial charge in [-0.2, -0.15) is 0 Å². The summed E-state index contributed by atoms with van der Waals surface area (Å²) in [7, 11) is 0. The lowest BCUT2D eigenvalue weighted by atomic mass is 9.66. The molecular weight excluding hydrogens is 585 g/mol. The number of rotatable bonds is 4. The molecule has 0 saturated carbocycles. The van der Waals surface area contributed by atoms with Gasteiger partial charge in [0.25, 0.3) is 0 Å². The largest absolute Gasteiger partial charge is 0.452 e. The average Bonchev–Trinajstić information content (AvgIpc) is 3.70. The van der Waals surface area contributed by atoms with E-state index in [0.717, 1.165) is 33.3 Å². The number of aromatic nitrogens is 2. The second kappa shape index (κ2) is 10.3. The van der Waals surface area contributed by atoms with E-state index in [4.69, 9.17) is 14.4 Å². The van der Waals surface area contributed by atoms with Gasteiger partial charge in [-0.05, 0) is 62.4 Å². The predicted molar refractivity (Wildman–Crippen MR) is 195 cm³/mol. The molecule has 9 aromatic rings. The fourth-order valence-electron chi connectivity index (χ4n) is 7.92. The summed E-state index contributed by atoms with van der Waals surface area (Å²) in [5.41, 5.74) is 12.2. The monoisotopic (exact) mass is 612 g/mol. The highest BCUT2D eigenvalue weighted by atomic mass is 16.3. The quantitative estimate of drug-likeness (QED) is 0.198. The highest BCUT2D eigenvalue weighted by Gasteiger charge is 2.47. The van der Waals surface area contributed by atoms with Gasteiger partial charge in [0.15, 0.2) is 11.4 Å². The van der Waals surface area contributed by atoms with E-state index in [2.05, 4.69) is 133 Å². The van der Waals surface area contributed by atoms with Crippen molar-refractivity contribution in [1.82, 2.24) is 9.97 Å². The van der Waals surface area contributed by atoms with Crippen molar-refractivity contribution in [2.24, 2.45) is 0 Å². The Balaban J connectivity index is 1.30. The number of furan rings is 1. The van der Waals surface area contributed by atoms with Crippen molar-refractivity contribution in [2.45, 2.75) is 5.41 Å². The lowest BCUT2D eigenvalue weighted by molar-refractivity contribution is 0.667. The molecule has 0 fully saturated rings. The fourth-order valence-corrected chi connectivity index (χ4v) is 7.92. The Labute approximate surface area is 277 Å². The summed E-state index contributed by atoms with van der Waals surface area (Å²) in [6, 6.07) is 60.4. The maximum Gasteiger partial charge on any atom is 0.180 e. The fraction of sp³-hybridized carbons (Fsp3) is 0.0222. The Kier molecular flexibility index (Phi) is 5.79. The van der Waals surface area contributed by atoms with Crippen LogP contribution >= 0.6 is 0 Å². The zero-order chi connectivity index (χ0) is 31.7. The highest BCUT2D eigenvalue weighted by Crippen LogP contribution is 2.58. The van der Waals surface area contributed by atoms with Gasteiger partial charge in [0.2, 0.25) is 0 Å². The van der Waals surface area contributed by atoms with Crippen molar-refractivity contribution >= 4 is 32.8 Å². The molecule has 0 unspecified atom stereocenters. The second-order valence-electron chi connectivity index (χ2n) is 12.5. The molecule has 2 heterocycles. The maximum atomic E-state index is 6.40. The number of nitrogens with zero attached hydrogens (tertiary/aromatic N) is 2. The first kappa shape index (κ1) is 26.9. The van der Waals surface area contributed by atoms with Crippen LogP contribution in [0.15, 0.2) is 174 Å². The number of hydrogen-bond acceptors (Lipinski definition) is 3. The molecule has 0 aliphatic heterocycles. The average molecular weight is 613 g/mol. The van der Waals surface area contributed by atoms with Crippen LogP contribution in [0.5, 0.6) is 0 Å². The van der Waals surface area contributed by atoms with Crippen LogP contribution in [0.3, 0.4) is 0 Å². The molecule has 224 valence electrons. The van der Waals surface area contributed by atoms with Gasteiger partial charge in [0, 0.05) is 16.5 Å². The standard InChI is InChI=1S/C45H28N2O/c1-4-14-30(15-5-1)41-43-42(36-21-11-13-23-39(36)48-43)47-44(46-41)31-25-24-29-26-27-35-34-20-10-12-22-38(34)45(40(35)37(29)28-31,32-16-6-2-7-17-32)33-18-8-3-9-19-33/h1-28H. The third-order valence-corrected chi connectivity index (χ3v) is 9.96. The summed E-state index contributed by atoms with van der Waals surface area (Å²) < 4.78 is 6.40. The molecule has 0 spiro atoms. The van der Waals surface area contributed by atoms with Gasteiger partial charge < -0.3 is 4.42 Å². The lowest BCUT2D eigenvalue weighted by Crippen LogP contribution is -2.28. The van der Waals surface area contributed by atoms with Crippen LogP contribution in [0.25, 0.3) is 66.6 Å². The van der Waals surface area contributed by atoms with Gasteiger partial charge in [-0.1, -0.05) is 152 Å². The van der Waals surface area contributed by atoms with E-state index in [9.17, 15) is 0 Å². The van der Waals surface area contributed by atoms with Crippen LogP contribution in [-0.2, 0) is 5.41 Å². The summed E-state index contributed by atoms with van der Waals surface area (Å²) in [6.07, 6.45) is 0. The van der Waals surface area contributed by atoms with Gasteiger partial charge >= 0.3 is 0 Å². The first-order chi connectivity index (χ1) is 23.8. The topological polar surface area (TPSA) is 38.9 Å². The van der Waals surface area contributed by atoms with Crippen LogP contribution in [0.2, 0.25) is 0 Å². The van der Waals surface area contributed by atoms with E-state index in [1.807, 2.05) is 36.4 Å². The molecular formula is C45H28N2O. The zero-order valence-electron chi connectivity index (χ0n) is 26.0. The third kappa shape index (κ3) is 3.76. The number of benzene rings is 7. The van der Waals surface area contributed by atoms with Gasteiger partial charge in [-0.3, -0.25) is 0 Å². The van der Waals surface area contributed by atoms with Crippen molar-refractivity contribution < 1.29 is 4.42 Å². The summed E-state index contributed by atoms with van der Waals surface area (Å²) in [6.45, 7) is 0. The maximum absolute atomic E-state index is 6.40. The third-order valence-electron chi connectivity index (χ3n) is 9.96. The smallest absolute Gasteiger partial charge is 0.180 e. The van der Waals surface area contributed by atoms with Gasteiger partial charge in [-0.25, -0.2) is 9.97 Å². The van der Waals surface area contributed by atoms with Crippen molar-refractivity contribution in [3.8, 4) is 33.8 Å². The van der Waals surface area contributed by atoms with Crippen molar-refractivity contribution in [3.63, 3.8) is 0 Å². The van der Waals surface area contributed by atoms with E-state index >= 15 is 0 Å². The van der Waals surface area contributed by atoms with Gasteiger partial charge in [0.05, 0.1) is 5.41 Å². The van der Waals surface area contributed by atoms with E-state index in [1.165, 1.54) is 44.2 Å². The Morgan fingerprint density at radius 1 is 0.479 bits per heavy atom. The van der Waals surface area contributed by atoms with Crippen molar-refractivity contribution in [1.29, 1.82) is 0 Å². The summed E-state index contributed by atoms with van der Waals surface area (Å²) in [5.74, 6) is 0.674. The molecule has 0 bridgehead atoms. The molecule has 48 heavy (non-hydrogen) atoms. The van der Waals surface area contributed by atoms with Crippen LogP contribution in [0, 0.1) is 0 Å². The Morgan fingerprint density at radius 3 is 1.90 bits per heavy atom. The molecule has 7 aromatic carbocycles. The van der Waals surface area contributed by atoms with E-state index < -0.39 is 5.41 Å². The minimum atomic E-state index is -0.507. The molecule has 0 radical (unpaired) electrons.